The Morgan fingerprint density at radius 2 is 1.85 bits per heavy atom. The van der Waals surface area contributed by atoms with Gasteiger partial charge in [-0.2, -0.15) is 0 Å². The van der Waals surface area contributed by atoms with Gasteiger partial charge >= 0.3 is 17.9 Å². The number of aryl methyl sites for hydroxylation is 1. The van der Waals surface area contributed by atoms with Crippen LogP contribution in [0.4, 0.5) is 15.2 Å². The van der Waals surface area contributed by atoms with Gasteiger partial charge in [0.1, 0.15) is 40.8 Å². The molecule has 2 aromatic heterocycles. The summed E-state index contributed by atoms with van der Waals surface area (Å²) in [6.45, 7) is 6.67. The number of nitrogens with one attached hydrogen (secondary N) is 1. The number of pyridine rings is 1. The van der Waals surface area contributed by atoms with E-state index in [4.69, 9.17) is 15.3 Å². The fraction of sp³-hybridized carbons (Fsp3) is 0.412. The number of oxime groups is 1. The number of anilines is 2. The van der Waals surface area contributed by atoms with Crippen LogP contribution in [0.15, 0.2) is 44.9 Å². The third kappa shape index (κ3) is 7.58. The standard InChI is InChI=1S/C34H37FN8O10S2/c1-5-41-12-18(26(44)17-10-19(35)22(11-21(17)41)42-8-6-40(4)7-9-42)31(49)52-13-16-14-54-29-24(28(46)43(29)25(16)30(47)48)38-27(45)23(20-15-55-33(36)37-20)39-53-34(2,3)32(50)51/h10-12,15,24,29H,5-9,13-14H2,1-4H3,(H2,36,37)(H,38,45)(H,47,48)(H,50,51)/b39-23-/t24-,29-/m1/s1. The second-order valence-electron chi connectivity index (χ2n) is 13.4. The van der Waals surface area contributed by atoms with Gasteiger partial charge in [0, 0.05) is 61.0 Å². The molecule has 55 heavy (non-hydrogen) atoms. The quantitative estimate of drug-likeness (QED) is 0.0869. The number of nitrogens with zero attached hydrogens (tertiary/aromatic N) is 6. The van der Waals surface area contributed by atoms with Crippen LogP contribution in [-0.2, 0) is 35.3 Å². The van der Waals surface area contributed by atoms with Crippen LogP contribution in [0, 0.1) is 5.82 Å². The lowest BCUT2D eigenvalue weighted by Crippen LogP contribution is -2.71. The number of ether oxygens (including phenoxy) is 1. The summed E-state index contributed by atoms with van der Waals surface area (Å²) in [5.74, 6) is -6.33. The first-order valence-corrected chi connectivity index (χ1v) is 18.8. The second kappa shape index (κ2) is 15.3. The van der Waals surface area contributed by atoms with Crippen LogP contribution in [0.3, 0.4) is 0 Å². The minimum absolute atomic E-state index is 0.0175. The van der Waals surface area contributed by atoms with Gasteiger partial charge in [0.25, 0.3) is 11.8 Å². The Balaban J connectivity index is 1.19. The van der Waals surface area contributed by atoms with Gasteiger partial charge in [0.2, 0.25) is 11.0 Å². The molecule has 5 heterocycles. The normalized spacial score (nSPS) is 19.2. The first-order valence-electron chi connectivity index (χ1n) is 16.9. The number of halogens is 1. The van der Waals surface area contributed by atoms with Crippen LogP contribution < -0.4 is 21.4 Å². The molecule has 21 heteroatoms. The Bertz CT molecular complexity index is 2230. The predicted octanol–water partition coefficient (Wildman–Crippen LogP) is 1.13. The summed E-state index contributed by atoms with van der Waals surface area (Å²) in [6, 6.07) is 1.49. The van der Waals surface area contributed by atoms with Gasteiger partial charge in [-0.1, -0.05) is 5.16 Å². The molecule has 0 spiro atoms. The maximum atomic E-state index is 15.4. The van der Waals surface area contributed by atoms with E-state index < -0.39 is 76.0 Å². The molecule has 2 fully saturated rings. The number of nitrogen functional groups attached to an aromatic ring is 1. The Morgan fingerprint density at radius 3 is 2.47 bits per heavy atom. The minimum Gasteiger partial charge on any atom is -0.478 e. The molecular formula is C34H37FN8O10S2. The molecule has 0 aliphatic carbocycles. The van der Waals surface area contributed by atoms with E-state index >= 15 is 4.39 Å². The lowest BCUT2D eigenvalue weighted by molar-refractivity contribution is -0.161. The molecule has 0 radical (unpaired) electrons. The topological polar surface area (TPSA) is 239 Å². The SMILES string of the molecule is CCn1cc(C(=O)OCC2=C(C(=O)O)N3C(=O)[C@@H](NC(=O)/C(=N\OC(C)(C)C(=O)O)c4csc(N)n4)[C@H]3SC2)c(=O)c2cc(F)c(N3CCN(C)CC3)cc21. The highest BCUT2D eigenvalue weighted by Gasteiger charge is 2.54. The van der Waals surface area contributed by atoms with Crippen molar-refractivity contribution in [3.05, 3.63) is 62.3 Å². The molecule has 6 rings (SSSR count). The number of amides is 2. The van der Waals surface area contributed by atoms with E-state index in [9.17, 15) is 39.0 Å². The number of thiazole rings is 1. The predicted molar refractivity (Wildman–Crippen MR) is 199 cm³/mol. The number of rotatable bonds is 12. The summed E-state index contributed by atoms with van der Waals surface area (Å²) in [5, 5.41) is 26.3. The van der Waals surface area contributed by atoms with Crippen molar-refractivity contribution in [3.8, 4) is 0 Å². The molecule has 18 nitrogen and oxygen atoms in total. The van der Waals surface area contributed by atoms with Gasteiger partial charge in [0.05, 0.1) is 11.2 Å². The van der Waals surface area contributed by atoms with Crippen LogP contribution in [0.2, 0.25) is 0 Å². The average Bonchev–Trinajstić information content (AvgIpc) is 3.58. The van der Waals surface area contributed by atoms with Crippen LogP contribution in [0.1, 0.15) is 36.8 Å². The van der Waals surface area contributed by atoms with Crippen LogP contribution in [0.5, 0.6) is 0 Å². The highest BCUT2D eigenvalue weighted by Crippen LogP contribution is 2.40. The van der Waals surface area contributed by atoms with Gasteiger partial charge in [-0.15, -0.1) is 23.1 Å². The summed E-state index contributed by atoms with van der Waals surface area (Å²) in [7, 11) is 1.98. The van der Waals surface area contributed by atoms with Gasteiger partial charge in [-0.3, -0.25) is 19.3 Å². The number of hydrogen-bond acceptors (Lipinski definition) is 15. The Kier molecular flexibility index (Phi) is 10.9. The zero-order chi connectivity index (χ0) is 39.9. The fourth-order valence-electron chi connectivity index (χ4n) is 6.13. The molecule has 0 bridgehead atoms. The van der Waals surface area contributed by atoms with Gasteiger partial charge in [-0.25, -0.2) is 23.8 Å². The van der Waals surface area contributed by atoms with E-state index in [2.05, 4.69) is 20.4 Å². The number of carboxylic acid groups (broad SMARTS) is 2. The highest BCUT2D eigenvalue weighted by molar-refractivity contribution is 8.00. The number of carbonyl (C=O) groups is 5. The van der Waals surface area contributed by atoms with Gasteiger partial charge in [-0.05, 0) is 40.0 Å². The van der Waals surface area contributed by atoms with E-state index in [0.717, 1.165) is 47.2 Å². The molecule has 292 valence electrons. The smallest absolute Gasteiger partial charge is 0.352 e. The van der Waals surface area contributed by atoms with E-state index in [-0.39, 0.29) is 33.1 Å². The number of fused-ring (bicyclic) bond motifs is 2. The van der Waals surface area contributed by atoms with E-state index in [1.165, 1.54) is 25.4 Å². The summed E-state index contributed by atoms with van der Waals surface area (Å²) in [6.07, 6.45) is 1.33. The summed E-state index contributed by atoms with van der Waals surface area (Å²) in [5.41, 5.74) is 2.63. The number of hydrogen-bond donors (Lipinski definition) is 4. The molecular weight excluding hydrogens is 764 g/mol. The number of nitrogens with two attached hydrogens (primary N) is 1. The van der Waals surface area contributed by atoms with Crippen molar-refractivity contribution in [2.75, 3.05) is 56.2 Å². The third-order valence-electron chi connectivity index (χ3n) is 9.33. The Hall–Kier alpha value is -5.54. The molecule has 0 unspecified atom stereocenters. The number of β-lactam (4-membered cyclic amide) rings is 1. The second-order valence-corrected chi connectivity index (χ2v) is 15.4. The van der Waals surface area contributed by atoms with E-state index in [0.29, 0.717) is 30.8 Å². The molecule has 3 aliphatic heterocycles. The minimum atomic E-state index is -1.83. The fourth-order valence-corrected chi connectivity index (χ4v) is 8.01. The van der Waals surface area contributed by atoms with Crippen LogP contribution in [0.25, 0.3) is 10.9 Å². The largest absolute Gasteiger partial charge is 0.478 e. The highest BCUT2D eigenvalue weighted by atomic mass is 32.2. The number of thioether (sulfide) groups is 1. The zero-order valence-corrected chi connectivity index (χ0v) is 31.7. The van der Waals surface area contributed by atoms with Crippen molar-refractivity contribution in [3.63, 3.8) is 0 Å². The number of carbonyl (C=O) groups excluding carboxylic acids is 3. The van der Waals surface area contributed by atoms with Crippen molar-refractivity contribution in [2.45, 2.75) is 44.3 Å². The van der Waals surface area contributed by atoms with Crippen molar-refractivity contribution in [2.24, 2.45) is 5.16 Å². The lowest BCUT2D eigenvalue weighted by atomic mass is 10.0. The molecule has 3 aromatic rings. The Labute approximate surface area is 320 Å². The number of aliphatic carboxylic acids is 2. The van der Waals surface area contributed by atoms with Crippen molar-refractivity contribution in [1.82, 2.24) is 24.7 Å². The van der Waals surface area contributed by atoms with Crippen molar-refractivity contribution >= 4 is 80.3 Å². The molecule has 2 amide bonds. The van der Waals surface area contributed by atoms with E-state index in [1.54, 1.807) is 17.6 Å². The maximum Gasteiger partial charge on any atom is 0.352 e. The van der Waals surface area contributed by atoms with Crippen LogP contribution >= 0.6 is 23.1 Å². The number of piperazine rings is 1. The monoisotopic (exact) mass is 800 g/mol. The van der Waals surface area contributed by atoms with Gasteiger partial charge in [0.15, 0.2) is 10.8 Å². The van der Waals surface area contributed by atoms with E-state index in [1.807, 2.05) is 11.9 Å². The molecule has 5 N–H and O–H groups in total. The maximum absolute atomic E-state index is 15.4. The molecule has 2 saturated heterocycles. The number of aromatic nitrogens is 2. The molecule has 1 aromatic carbocycles. The summed E-state index contributed by atoms with van der Waals surface area (Å²) >= 11 is 2.06. The molecule has 0 saturated carbocycles. The van der Waals surface area contributed by atoms with Crippen molar-refractivity contribution in [1.29, 1.82) is 0 Å². The number of esters is 1. The van der Waals surface area contributed by atoms with Gasteiger partial charge < -0.3 is 45.2 Å². The first-order chi connectivity index (χ1) is 26.0. The van der Waals surface area contributed by atoms with Crippen LogP contribution in [-0.4, -0.2) is 128 Å². The number of carboxylic acids is 2. The third-order valence-corrected chi connectivity index (χ3v) is 11.3. The Morgan fingerprint density at radius 1 is 1.15 bits per heavy atom. The first kappa shape index (κ1) is 39.2. The lowest BCUT2D eigenvalue weighted by Gasteiger charge is -2.49. The molecule has 2 atom stereocenters. The number of benzene rings is 1. The van der Waals surface area contributed by atoms with Crippen molar-refractivity contribution < 1.29 is 48.2 Å². The number of likely N-dealkylation sites (N-methyl/N-ethyl adjacent to an activating group) is 1. The zero-order valence-electron chi connectivity index (χ0n) is 30.0. The summed E-state index contributed by atoms with van der Waals surface area (Å²) in [4.78, 5) is 91.7. The average molecular weight is 801 g/mol. The summed E-state index contributed by atoms with van der Waals surface area (Å²) < 4.78 is 22.5. The molecule has 3 aliphatic rings.